The predicted molar refractivity (Wildman–Crippen MR) is 61.0 cm³/mol. The molecule has 1 aliphatic heterocycles. The summed E-state index contributed by atoms with van der Waals surface area (Å²) < 4.78 is 23.7. The molecule has 0 amide bonds. The molecule has 3 aliphatic rings. The van der Waals surface area contributed by atoms with Gasteiger partial charge in [-0.3, -0.25) is 0 Å². The first-order valence-electron chi connectivity index (χ1n) is 4.82. The van der Waals surface area contributed by atoms with Gasteiger partial charge in [0.25, 0.3) is 0 Å². The molecule has 15 heavy (non-hydrogen) atoms. The molecule has 6 heteroatoms. The van der Waals surface area contributed by atoms with Crippen molar-refractivity contribution in [1.82, 2.24) is 0 Å². The number of hydrogen-bond acceptors (Lipinski definition) is 2. The maximum atomic E-state index is 11.8. The lowest BCUT2D eigenvalue weighted by molar-refractivity contribution is 0.404. The second-order valence-corrected chi connectivity index (χ2v) is 7.94. The summed E-state index contributed by atoms with van der Waals surface area (Å²) in [6.07, 6.45) is 0.793. The molecule has 0 aromatic heterocycles. The van der Waals surface area contributed by atoms with E-state index in [2.05, 4.69) is 0 Å². The quantitative estimate of drug-likeness (QED) is 0.641. The Labute approximate surface area is 103 Å². The minimum absolute atomic E-state index is 0.0262. The van der Waals surface area contributed by atoms with E-state index in [0.29, 0.717) is 5.03 Å². The molecule has 2 bridgehead atoms. The lowest BCUT2D eigenvalue weighted by Gasteiger charge is -2.31. The van der Waals surface area contributed by atoms with Gasteiger partial charge in [0.05, 0.1) is 16.0 Å². The normalized spacial score (nSPS) is 55.5. The first kappa shape index (κ1) is 10.7. The Morgan fingerprint density at radius 3 is 2.47 bits per heavy atom. The SMILES string of the molecule is O=S1(=O)C=C(Cl)C2C3CC(C(Cl)C3Cl)C21. The third-order valence-corrected chi connectivity index (χ3v) is 7.67. The molecule has 2 fully saturated rings. The summed E-state index contributed by atoms with van der Waals surface area (Å²) in [5.74, 6) is 0.00558. The number of rotatable bonds is 0. The molecular weight excluding hydrogens is 279 g/mol. The van der Waals surface area contributed by atoms with E-state index in [0.717, 1.165) is 6.42 Å². The van der Waals surface area contributed by atoms with Gasteiger partial charge in [-0.25, -0.2) is 8.42 Å². The summed E-state index contributed by atoms with van der Waals surface area (Å²) in [6.45, 7) is 0. The first-order valence-corrected chi connectivity index (χ1v) is 7.68. The van der Waals surface area contributed by atoms with Crippen molar-refractivity contribution in [3.63, 3.8) is 0 Å². The minimum atomic E-state index is -3.20. The van der Waals surface area contributed by atoms with Crippen molar-refractivity contribution in [2.24, 2.45) is 17.8 Å². The van der Waals surface area contributed by atoms with Crippen molar-refractivity contribution in [2.75, 3.05) is 0 Å². The van der Waals surface area contributed by atoms with Crippen molar-refractivity contribution >= 4 is 44.6 Å². The highest BCUT2D eigenvalue weighted by Gasteiger charge is 2.63. The fraction of sp³-hybridized carbons (Fsp3) is 0.778. The maximum Gasteiger partial charge on any atom is 0.176 e. The molecule has 0 aromatic carbocycles. The molecule has 2 saturated carbocycles. The Morgan fingerprint density at radius 1 is 1.20 bits per heavy atom. The van der Waals surface area contributed by atoms with E-state index >= 15 is 0 Å². The average molecular weight is 288 g/mol. The van der Waals surface area contributed by atoms with E-state index in [1.54, 1.807) is 0 Å². The van der Waals surface area contributed by atoms with Crippen LogP contribution in [0.3, 0.4) is 0 Å². The van der Waals surface area contributed by atoms with Crippen LogP contribution in [0.5, 0.6) is 0 Å². The van der Waals surface area contributed by atoms with Gasteiger partial charge in [-0.15, -0.1) is 23.2 Å². The minimum Gasteiger partial charge on any atom is -0.224 e. The van der Waals surface area contributed by atoms with Crippen LogP contribution in [0.25, 0.3) is 0 Å². The van der Waals surface area contributed by atoms with Crippen LogP contribution in [0, 0.1) is 17.8 Å². The zero-order chi connectivity index (χ0) is 11.0. The molecule has 6 atom stereocenters. The third kappa shape index (κ3) is 1.21. The molecule has 2 nitrogen and oxygen atoms in total. The Hall–Kier alpha value is 0.560. The summed E-state index contributed by atoms with van der Waals surface area (Å²) >= 11 is 18.3. The zero-order valence-electron chi connectivity index (χ0n) is 7.61. The number of allylic oxidation sites excluding steroid dienone is 1. The lowest BCUT2D eigenvalue weighted by atomic mass is 9.88. The average Bonchev–Trinajstić information content (AvgIpc) is 2.70. The summed E-state index contributed by atoms with van der Waals surface area (Å²) in [4.78, 5) is 0. The first-order chi connectivity index (χ1) is 6.93. The fourth-order valence-corrected chi connectivity index (χ4v) is 7.22. The van der Waals surface area contributed by atoms with E-state index in [1.165, 1.54) is 5.41 Å². The number of fused-ring (bicyclic) bond motifs is 5. The summed E-state index contributed by atoms with van der Waals surface area (Å²) in [6, 6.07) is 0. The van der Waals surface area contributed by atoms with Crippen molar-refractivity contribution < 1.29 is 8.42 Å². The number of sulfone groups is 1. The third-order valence-electron chi connectivity index (χ3n) is 3.88. The van der Waals surface area contributed by atoms with Gasteiger partial charge in [0.15, 0.2) is 9.84 Å². The monoisotopic (exact) mass is 286 g/mol. The van der Waals surface area contributed by atoms with Crippen LogP contribution < -0.4 is 0 Å². The van der Waals surface area contributed by atoms with Crippen molar-refractivity contribution in [1.29, 1.82) is 0 Å². The van der Waals surface area contributed by atoms with Gasteiger partial charge in [0.2, 0.25) is 0 Å². The molecule has 2 aliphatic carbocycles. The number of alkyl halides is 2. The molecule has 0 saturated heterocycles. The van der Waals surface area contributed by atoms with Crippen LogP contribution in [-0.4, -0.2) is 24.4 Å². The fourth-order valence-electron chi connectivity index (χ4n) is 3.34. The maximum absolute atomic E-state index is 11.8. The van der Waals surface area contributed by atoms with Crippen LogP contribution in [0.4, 0.5) is 0 Å². The molecule has 0 aromatic rings. The van der Waals surface area contributed by atoms with Crippen molar-refractivity contribution in [3.05, 3.63) is 10.4 Å². The number of halogens is 3. The zero-order valence-corrected chi connectivity index (χ0v) is 10.7. The van der Waals surface area contributed by atoms with Crippen LogP contribution in [-0.2, 0) is 9.84 Å². The summed E-state index contributed by atoms with van der Waals surface area (Å²) in [5, 5.41) is 0.855. The predicted octanol–water partition coefficient (Wildman–Crippen LogP) is 2.34. The second kappa shape index (κ2) is 3.06. The van der Waals surface area contributed by atoms with Gasteiger partial charge in [-0.2, -0.15) is 0 Å². The van der Waals surface area contributed by atoms with E-state index in [1.807, 2.05) is 0 Å². The van der Waals surface area contributed by atoms with E-state index in [9.17, 15) is 8.42 Å². The lowest BCUT2D eigenvalue weighted by Crippen LogP contribution is -2.40. The van der Waals surface area contributed by atoms with Gasteiger partial charge in [-0.05, 0) is 18.3 Å². The number of hydrogen-bond donors (Lipinski definition) is 0. The highest BCUT2D eigenvalue weighted by atomic mass is 35.5. The van der Waals surface area contributed by atoms with Gasteiger partial charge < -0.3 is 0 Å². The Balaban J connectivity index is 2.10. The molecular formula is C9H9Cl3O2S. The largest absolute Gasteiger partial charge is 0.224 e. The van der Waals surface area contributed by atoms with Crippen LogP contribution in [0.15, 0.2) is 10.4 Å². The smallest absolute Gasteiger partial charge is 0.176 e. The highest BCUT2D eigenvalue weighted by molar-refractivity contribution is 7.95. The summed E-state index contributed by atoms with van der Waals surface area (Å²) in [7, 11) is -3.20. The topological polar surface area (TPSA) is 34.1 Å². The summed E-state index contributed by atoms with van der Waals surface area (Å²) in [5.41, 5.74) is 0. The van der Waals surface area contributed by atoms with Crippen molar-refractivity contribution in [3.8, 4) is 0 Å². The molecule has 0 spiro atoms. The van der Waals surface area contributed by atoms with Gasteiger partial charge >= 0.3 is 0 Å². The highest BCUT2D eigenvalue weighted by Crippen LogP contribution is 2.60. The molecule has 6 unspecified atom stereocenters. The van der Waals surface area contributed by atoms with E-state index < -0.39 is 15.1 Å². The second-order valence-electron chi connectivity index (χ2n) is 4.53. The van der Waals surface area contributed by atoms with E-state index in [-0.39, 0.29) is 28.5 Å². The van der Waals surface area contributed by atoms with Crippen LogP contribution in [0.2, 0.25) is 0 Å². The molecule has 3 rings (SSSR count). The Kier molecular flexibility index (Phi) is 2.19. The molecule has 0 radical (unpaired) electrons. The van der Waals surface area contributed by atoms with Gasteiger partial charge in [0.1, 0.15) is 0 Å². The van der Waals surface area contributed by atoms with Gasteiger partial charge in [0, 0.05) is 16.4 Å². The Bertz CT molecular complexity index is 444. The molecule has 1 heterocycles. The molecule has 0 N–H and O–H groups in total. The van der Waals surface area contributed by atoms with Crippen LogP contribution >= 0.6 is 34.8 Å². The molecule has 84 valence electrons. The standard InChI is InChI=1S/C9H9Cl3O2S/c10-5-2-15(13,14)9-4-1-3(6(5)9)7(11)8(4)12/h2-4,6-9H,1H2. The van der Waals surface area contributed by atoms with E-state index in [4.69, 9.17) is 34.8 Å². The Morgan fingerprint density at radius 2 is 1.80 bits per heavy atom. The van der Waals surface area contributed by atoms with Crippen LogP contribution in [0.1, 0.15) is 6.42 Å². The van der Waals surface area contributed by atoms with Gasteiger partial charge in [-0.1, -0.05) is 11.6 Å². The van der Waals surface area contributed by atoms with Crippen molar-refractivity contribution in [2.45, 2.75) is 22.4 Å².